The summed E-state index contributed by atoms with van der Waals surface area (Å²) in [6.45, 7) is 3.11. The molecule has 2 heterocycles. The van der Waals surface area contributed by atoms with E-state index in [0.717, 1.165) is 0 Å². The number of aliphatic hydroxyl groups is 1. The molecule has 16 heavy (non-hydrogen) atoms. The van der Waals surface area contributed by atoms with E-state index in [4.69, 9.17) is 4.42 Å². The van der Waals surface area contributed by atoms with Crippen LogP contribution in [0.15, 0.2) is 21.2 Å². The highest BCUT2D eigenvalue weighted by molar-refractivity contribution is 9.10. The molecule has 1 aromatic rings. The second kappa shape index (κ2) is 4.59. The molecule has 0 radical (unpaired) electrons. The second-order valence-electron chi connectivity index (χ2n) is 4.19. The fourth-order valence-electron chi connectivity index (χ4n) is 1.90. The van der Waals surface area contributed by atoms with Crippen LogP contribution in [0.25, 0.3) is 0 Å². The van der Waals surface area contributed by atoms with E-state index < -0.39 is 0 Å². The second-order valence-corrected chi connectivity index (χ2v) is 4.97. The van der Waals surface area contributed by atoms with Gasteiger partial charge in [0.05, 0.1) is 6.10 Å². The van der Waals surface area contributed by atoms with Crippen molar-refractivity contribution in [1.82, 2.24) is 4.90 Å². The number of carbonyl (C=O) groups is 1. The number of nitrogens with zero attached hydrogens (tertiary/aromatic N) is 1. The number of furan rings is 1. The molecule has 1 saturated heterocycles. The fourth-order valence-corrected chi connectivity index (χ4v) is 2.21. The average Bonchev–Trinajstić information content (AvgIpc) is 2.68. The molecule has 1 N–H and O–H groups in total. The molecule has 2 atom stereocenters. The van der Waals surface area contributed by atoms with Crippen molar-refractivity contribution in [3.63, 3.8) is 0 Å². The molecule has 1 amide bonds. The first-order valence-electron chi connectivity index (χ1n) is 5.30. The number of halogens is 1. The molecule has 5 heteroatoms. The first kappa shape index (κ1) is 11.7. The van der Waals surface area contributed by atoms with Crippen LogP contribution >= 0.6 is 15.9 Å². The van der Waals surface area contributed by atoms with Gasteiger partial charge in [-0.1, -0.05) is 6.92 Å². The van der Waals surface area contributed by atoms with Crippen LogP contribution < -0.4 is 0 Å². The number of rotatable bonds is 1. The predicted molar refractivity (Wildman–Crippen MR) is 62.1 cm³/mol. The highest BCUT2D eigenvalue weighted by Gasteiger charge is 2.28. The van der Waals surface area contributed by atoms with Crippen LogP contribution in [0.3, 0.4) is 0 Å². The maximum Gasteiger partial charge on any atom is 0.289 e. The smallest absolute Gasteiger partial charge is 0.289 e. The predicted octanol–water partition coefficient (Wildman–Crippen LogP) is 1.88. The van der Waals surface area contributed by atoms with Crippen molar-refractivity contribution in [2.75, 3.05) is 13.1 Å². The quantitative estimate of drug-likeness (QED) is 0.858. The topological polar surface area (TPSA) is 53.7 Å². The Morgan fingerprint density at radius 2 is 2.38 bits per heavy atom. The van der Waals surface area contributed by atoms with Crippen LogP contribution in [-0.2, 0) is 0 Å². The lowest BCUT2D eigenvalue weighted by molar-refractivity contribution is 0.0279. The van der Waals surface area contributed by atoms with Crippen molar-refractivity contribution in [2.24, 2.45) is 5.92 Å². The summed E-state index contributed by atoms with van der Waals surface area (Å²) in [7, 11) is 0. The van der Waals surface area contributed by atoms with Crippen LogP contribution in [-0.4, -0.2) is 35.1 Å². The van der Waals surface area contributed by atoms with Gasteiger partial charge in [0.25, 0.3) is 5.91 Å². The average molecular weight is 288 g/mol. The van der Waals surface area contributed by atoms with Gasteiger partial charge in [-0.3, -0.25) is 4.79 Å². The first-order valence-corrected chi connectivity index (χ1v) is 6.10. The Labute approximate surface area is 102 Å². The summed E-state index contributed by atoms with van der Waals surface area (Å²) in [5, 5.41) is 9.58. The minimum Gasteiger partial charge on any atom is -0.444 e. The van der Waals surface area contributed by atoms with Crippen LogP contribution in [0.4, 0.5) is 0 Å². The summed E-state index contributed by atoms with van der Waals surface area (Å²) in [5.41, 5.74) is 0. The molecule has 1 aromatic heterocycles. The summed E-state index contributed by atoms with van der Waals surface area (Å²) < 4.78 is 5.78. The molecule has 0 saturated carbocycles. The number of aliphatic hydroxyl groups excluding tert-OH is 1. The molecule has 0 aliphatic carbocycles. The summed E-state index contributed by atoms with van der Waals surface area (Å²) in [6, 6.07) is 3.36. The highest BCUT2D eigenvalue weighted by atomic mass is 79.9. The van der Waals surface area contributed by atoms with Gasteiger partial charge in [0.15, 0.2) is 10.4 Å². The summed E-state index contributed by atoms with van der Waals surface area (Å²) in [5.74, 6) is 0.357. The lowest BCUT2D eigenvalue weighted by Crippen LogP contribution is -2.44. The van der Waals surface area contributed by atoms with E-state index in [2.05, 4.69) is 15.9 Å². The molecule has 1 fully saturated rings. The van der Waals surface area contributed by atoms with E-state index in [-0.39, 0.29) is 17.9 Å². The van der Waals surface area contributed by atoms with Gasteiger partial charge >= 0.3 is 0 Å². The van der Waals surface area contributed by atoms with E-state index in [0.29, 0.717) is 29.9 Å². The lowest BCUT2D eigenvalue weighted by atomic mass is 9.96. The van der Waals surface area contributed by atoms with Gasteiger partial charge in [-0.15, -0.1) is 0 Å². The van der Waals surface area contributed by atoms with Gasteiger partial charge in [0, 0.05) is 13.1 Å². The van der Waals surface area contributed by atoms with Crippen LogP contribution in [0.2, 0.25) is 0 Å². The molecule has 2 unspecified atom stereocenters. The first-order chi connectivity index (χ1) is 7.58. The van der Waals surface area contributed by atoms with Gasteiger partial charge < -0.3 is 14.4 Å². The third kappa shape index (κ3) is 2.30. The third-order valence-corrected chi connectivity index (χ3v) is 3.36. The van der Waals surface area contributed by atoms with Crippen molar-refractivity contribution >= 4 is 21.8 Å². The normalized spacial score (nSPS) is 25.8. The monoisotopic (exact) mass is 287 g/mol. The Morgan fingerprint density at radius 3 is 2.94 bits per heavy atom. The van der Waals surface area contributed by atoms with Crippen molar-refractivity contribution in [3.8, 4) is 0 Å². The van der Waals surface area contributed by atoms with E-state index in [1.54, 1.807) is 17.0 Å². The number of carbonyl (C=O) groups excluding carboxylic acids is 1. The van der Waals surface area contributed by atoms with Crippen molar-refractivity contribution in [1.29, 1.82) is 0 Å². The fraction of sp³-hybridized carbons (Fsp3) is 0.545. The SMILES string of the molecule is CC1CN(C(=O)c2ccc(Br)o2)CCC1O. The van der Waals surface area contributed by atoms with Gasteiger partial charge in [-0.05, 0) is 40.4 Å². The number of hydrogen-bond donors (Lipinski definition) is 1. The number of amides is 1. The highest BCUT2D eigenvalue weighted by Crippen LogP contribution is 2.21. The van der Waals surface area contributed by atoms with Crippen molar-refractivity contribution < 1.29 is 14.3 Å². The zero-order chi connectivity index (χ0) is 11.7. The van der Waals surface area contributed by atoms with Gasteiger partial charge in [0.1, 0.15) is 0 Å². The Kier molecular flexibility index (Phi) is 3.35. The Balaban J connectivity index is 2.06. The molecular formula is C11H14BrNO3. The number of piperidine rings is 1. The molecular weight excluding hydrogens is 274 g/mol. The zero-order valence-electron chi connectivity index (χ0n) is 9.02. The standard InChI is InChI=1S/C11H14BrNO3/c1-7-6-13(5-4-8(7)14)11(15)9-2-3-10(12)16-9/h2-3,7-8,14H,4-6H2,1H3. The van der Waals surface area contributed by atoms with Crippen LogP contribution in [0, 0.1) is 5.92 Å². The Bertz CT molecular complexity index is 390. The molecule has 1 aliphatic heterocycles. The third-order valence-electron chi connectivity index (χ3n) is 2.93. The van der Waals surface area contributed by atoms with Gasteiger partial charge in [0.2, 0.25) is 0 Å². The maximum absolute atomic E-state index is 12.0. The van der Waals surface area contributed by atoms with Crippen molar-refractivity contribution in [2.45, 2.75) is 19.4 Å². The van der Waals surface area contributed by atoms with Crippen LogP contribution in [0.5, 0.6) is 0 Å². The molecule has 4 nitrogen and oxygen atoms in total. The Hall–Kier alpha value is -0.810. The lowest BCUT2D eigenvalue weighted by Gasteiger charge is -2.33. The molecule has 0 aromatic carbocycles. The number of likely N-dealkylation sites (tertiary alicyclic amines) is 1. The maximum atomic E-state index is 12.0. The molecule has 1 aliphatic rings. The molecule has 0 bridgehead atoms. The van der Waals surface area contributed by atoms with E-state index >= 15 is 0 Å². The molecule has 88 valence electrons. The van der Waals surface area contributed by atoms with E-state index in [9.17, 15) is 9.90 Å². The van der Waals surface area contributed by atoms with Gasteiger partial charge in [-0.25, -0.2) is 0 Å². The van der Waals surface area contributed by atoms with E-state index in [1.807, 2.05) is 6.92 Å². The van der Waals surface area contributed by atoms with Gasteiger partial charge in [-0.2, -0.15) is 0 Å². The summed E-state index contributed by atoms with van der Waals surface area (Å²) in [6.07, 6.45) is 0.335. The minimum atomic E-state index is -0.299. The summed E-state index contributed by atoms with van der Waals surface area (Å²) in [4.78, 5) is 13.7. The largest absolute Gasteiger partial charge is 0.444 e. The van der Waals surface area contributed by atoms with E-state index in [1.165, 1.54) is 0 Å². The Morgan fingerprint density at radius 1 is 1.62 bits per heavy atom. The summed E-state index contributed by atoms with van der Waals surface area (Å²) >= 11 is 3.17. The van der Waals surface area contributed by atoms with Crippen molar-refractivity contribution in [3.05, 3.63) is 22.6 Å². The molecule has 2 rings (SSSR count). The minimum absolute atomic E-state index is 0.107. The van der Waals surface area contributed by atoms with Crippen LogP contribution in [0.1, 0.15) is 23.9 Å². The number of hydrogen-bond acceptors (Lipinski definition) is 3. The zero-order valence-corrected chi connectivity index (χ0v) is 10.6. The molecule has 0 spiro atoms.